The summed E-state index contributed by atoms with van der Waals surface area (Å²) in [4.78, 5) is 2.43. The predicted octanol–water partition coefficient (Wildman–Crippen LogP) is 2.05. The molecule has 120 valence electrons. The largest absolute Gasteiger partial charge is 0.310 e. The molecule has 0 spiro atoms. The van der Waals surface area contributed by atoms with Crippen molar-refractivity contribution in [3.63, 3.8) is 0 Å². The number of sulfone groups is 1. The van der Waals surface area contributed by atoms with E-state index in [0.717, 1.165) is 45.3 Å². The van der Waals surface area contributed by atoms with Crippen molar-refractivity contribution in [2.45, 2.75) is 70.2 Å². The first kappa shape index (κ1) is 17.9. The molecule has 0 aromatic carbocycles. The molecule has 1 fully saturated rings. The maximum Gasteiger partial charge on any atom is 0.151 e. The lowest BCUT2D eigenvalue weighted by atomic mass is 10.1. The minimum absolute atomic E-state index is 0.161. The average molecular weight is 305 g/mol. The van der Waals surface area contributed by atoms with Crippen molar-refractivity contribution in [2.24, 2.45) is 0 Å². The molecule has 1 aliphatic rings. The molecular weight excluding hydrogens is 272 g/mol. The van der Waals surface area contributed by atoms with Crippen LogP contribution in [-0.4, -0.2) is 56.5 Å². The van der Waals surface area contributed by atoms with Gasteiger partial charge >= 0.3 is 0 Å². The highest BCUT2D eigenvalue weighted by molar-refractivity contribution is 7.91. The van der Waals surface area contributed by atoms with Crippen molar-refractivity contribution >= 4 is 9.84 Å². The van der Waals surface area contributed by atoms with Crippen LogP contribution in [0.1, 0.15) is 52.9 Å². The van der Waals surface area contributed by atoms with E-state index in [4.69, 9.17) is 0 Å². The third-order valence-corrected chi connectivity index (χ3v) is 6.17. The highest BCUT2D eigenvalue weighted by Crippen LogP contribution is 2.25. The van der Waals surface area contributed by atoms with E-state index in [9.17, 15) is 8.42 Å². The molecule has 1 aliphatic carbocycles. The fourth-order valence-electron chi connectivity index (χ4n) is 3.24. The SMILES string of the molecule is CCN(CC)CCCC(C)NC1CCCC1S(C)(=O)=O. The molecule has 0 radical (unpaired) electrons. The number of nitrogens with zero attached hydrogens (tertiary/aromatic N) is 1. The minimum atomic E-state index is -2.91. The van der Waals surface area contributed by atoms with Gasteiger partial charge in [-0.3, -0.25) is 0 Å². The predicted molar refractivity (Wildman–Crippen MR) is 85.9 cm³/mol. The third kappa shape index (κ3) is 5.70. The summed E-state index contributed by atoms with van der Waals surface area (Å²) in [5.74, 6) is 0. The highest BCUT2D eigenvalue weighted by Gasteiger charge is 2.35. The zero-order chi connectivity index (χ0) is 15.2. The Labute approximate surface area is 125 Å². The van der Waals surface area contributed by atoms with Crippen LogP contribution in [0.2, 0.25) is 0 Å². The second-order valence-electron chi connectivity index (χ2n) is 6.14. The molecule has 0 bridgehead atoms. The van der Waals surface area contributed by atoms with Crippen LogP contribution in [0.5, 0.6) is 0 Å². The van der Waals surface area contributed by atoms with Crippen LogP contribution in [0.15, 0.2) is 0 Å². The van der Waals surface area contributed by atoms with Gasteiger partial charge in [-0.25, -0.2) is 8.42 Å². The number of nitrogens with one attached hydrogen (secondary N) is 1. The Kier molecular flexibility index (Phi) is 7.48. The lowest BCUT2D eigenvalue weighted by Crippen LogP contribution is -2.44. The molecule has 0 aliphatic heterocycles. The molecule has 0 saturated heterocycles. The second kappa shape index (κ2) is 8.35. The summed E-state index contributed by atoms with van der Waals surface area (Å²) in [7, 11) is -2.91. The second-order valence-corrected chi connectivity index (χ2v) is 8.41. The van der Waals surface area contributed by atoms with Crippen LogP contribution in [0.25, 0.3) is 0 Å². The van der Waals surface area contributed by atoms with Crippen LogP contribution in [0.3, 0.4) is 0 Å². The number of rotatable bonds is 9. The molecule has 0 aromatic rings. The summed E-state index contributed by atoms with van der Waals surface area (Å²) < 4.78 is 23.5. The van der Waals surface area contributed by atoms with E-state index >= 15 is 0 Å². The fourth-order valence-corrected chi connectivity index (χ4v) is 4.65. The van der Waals surface area contributed by atoms with Gasteiger partial charge < -0.3 is 10.2 Å². The minimum Gasteiger partial charge on any atom is -0.310 e. The molecule has 3 unspecified atom stereocenters. The Morgan fingerprint density at radius 3 is 2.45 bits per heavy atom. The average Bonchev–Trinajstić information content (AvgIpc) is 2.82. The van der Waals surface area contributed by atoms with Gasteiger partial charge in [-0.05, 0) is 52.2 Å². The molecular formula is C15H32N2O2S. The standard InChI is InChI=1S/C15H32N2O2S/c1-5-17(6-2)12-8-9-13(3)16-14-10-7-11-15(14)20(4,18)19/h13-16H,5-12H2,1-4H3. The van der Waals surface area contributed by atoms with Gasteiger partial charge in [-0.15, -0.1) is 0 Å². The third-order valence-electron chi connectivity index (χ3n) is 4.51. The summed E-state index contributed by atoms with van der Waals surface area (Å²) in [6.07, 6.45) is 6.51. The fraction of sp³-hybridized carbons (Fsp3) is 1.00. The summed E-state index contributed by atoms with van der Waals surface area (Å²) >= 11 is 0. The van der Waals surface area contributed by atoms with E-state index in [2.05, 4.69) is 31.0 Å². The van der Waals surface area contributed by atoms with Gasteiger partial charge in [-0.1, -0.05) is 20.3 Å². The first-order chi connectivity index (χ1) is 9.38. The zero-order valence-electron chi connectivity index (χ0n) is 13.6. The molecule has 20 heavy (non-hydrogen) atoms. The van der Waals surface area contributed by atoms with E-state index in [1.165, 1.54) is 12.7 Å². The highest BCUT2D eigenvalue weighted by atomic mass is 32.2. The molecule has 5 heteroatoms. The smallest absolute Gasteiger partial charge is 0.151 e. The zero-order valence-corrected chi connectivity index (χ0v) is 14.4. The van der Waals surface area contributed by atoms with Gasteiger partial charge in [0.2, 0.25) is 0 Å². The Morgan fingerprint density at radius 2 is 1.90 bits per heavy atom. The summed E-state index contributed by atoms with van der Waals surface area (Å²) in [6, 6.07) is 0.561. The van der Waals surface area contributed by atoms with Crippen LogP contribution in [0, 0.1) is 0 Å². The van der Waals surface area contributed by atoms with Crippen molar-refractivity contribution in [1.82, 2.24) is 10.2 Å². The van der Waals surface area contributed by atoms with Gasteiger partial charge in [0.15, 0.2) is 9.84 Å². The maximum absolute atomic E-state index is 11.8. The lowest BCUT2D eigenvalue weighted by Gasteiger charge is -2.25. The molecule has 4 nitrogen and oxygen atoms in total. The van der Waals surface area contributed by atoms with Crippen LogP contribution < -0.4 is 5.32 Å². The van der Waals surface area contributed by atoms with Crippen molar-refractivity contribution in [3.05, 3.63) is 0 Å². The Morgan fingerprint density at radius 1 is 1.25 bits per heavy atom. The monoisotopic (exact) mass is 304 g/mol. The Bertz CT molecular complexity index is 366. The van der Waals surface area contributed by atoms with Gasteiger partial charge in [0.25, 0.3) is 0 Å². The van der Waals surface area contributed by atoms with Crippen molar-refractivity contribution in [3.8, 4) is 0 Å². The van der Waals surface area contributed by atoms with Gasteiger partial charge in [0.1, 0.15) is 0 Å². The molecule has 1 rings (SSSR count). The summed E-state index contributed by atoms with van der Waals surface area (Å²) in [5, 5.41) is 3.37. The van der Waals surface area contributed by atoms with E-state index in [1.54, 1.807) is 0 Å². The summed E-state index contributed by atoms with van der Waals surface area (Å²) in [6.45, 7) is 9.92. The quantitative estimate of drug-likeness (QED) is 0.708. The van der Waals surface area contributed by atoms with E-state index in [1.807, 2.05) is 0 Å². The van der Waals surface area contributed by atoms with E-state index < -0.39 is 9.84 Å². The first-order valence-corrected chi connectivity index (χ1v) is 10.0. The number of hydrogen-bond acceptors (Lipinski definition) is 4. The van der Waals surface area contributed by atoms with Crippen LogP contribution in [0.4, 0.5) is 0 Å². The van der Waals surface area contributed by atoms with Crippen LogP contribution in [-0.2, 0) is 9.84 Å². The van der Waals surface area contributed by atoms with E-state index in [-0.39, 0.29) is 11.3 Å². The van der Waals surface area contributed by atoms with Gasteiger partial charge in [-0.2, -0.15) is 0 Å². The van der Waals surface area contributed by atoms with E-state index in [0.29, 0.717) is 6.04 Å². The molecule has 0 heterocycles. The summed E-state index contributed by atoms with van der Waals surface area (Å²) in [5.41, 5.74) is 0. The Balaban J connectivity index is 2.33. The normalized spacial score (nSPS) is 25.2. The molecule has 1 N–H and O–H groups in total. The van der Waals surface area contributed by atoms with Crippen molar-refractivity contribution in [1.29, 1.82) is 0 Å². The Hall–Kier alpha value is -0.130. The van der Waals surface area contributed by atoms with Crippen LogP contribution >= 0.6 is 0 Å². The van der Waals surface area contributed by atoms with Crippen molar-refractivity contribution < 1.29 is 8.42 Å². The lowest BCUT2D eigenvalue weighted by molar-refractivity contribution is 0.288. The molecule has 0 aromatic heterocycles. The maximum atomic E-state index is 11.8. The molecule has 0 amide bonds. The van der Waals surface area contributed by atoms with Gasteiger partial charge in [0, 0.05) is 18.3 Å². The van der Waals surface area contributed by atoms with Crippen molar-refractivity contribution in [2.75, 3.05) is 25.9 Å². The first-order valence-electron chi connectivity index (χ1n) is 8.05. The van der Waals surface area contributed by atoms with Gasteiger partial charge in [0.05, 0.1) is 5.25 Å². The topological polar surface area (TPSA) is 49.4 Å². The molecule has 1 saturated carbocycles. The number of hydrogen-bond donors (Lipinski definition) is 1. The molecule has 3 atom stereocenters.